The van der Waals surface area contributed by atoms with Crippen molar-refractivity contribution in [2.45, 2.75) is 44.6 Å². The van der Waals surface area contributed by atoms with E-state index in [0.717, 1.165) is 17.9 Å². The van der Waals surface area contributed by atoms with Gasteiger partial charge in [0.1, 0.15) is 0 Å². The summed E-state index contributed by atoms with van der Waals surface area (Å²) in [7, 11) is 4.47. The van der Waals surface area contributed by atoms with Gasteiger partial charge < -0.3 is 4.90 Å². The van der Waals surface area contributed by atoms with Crippen LogP contribution in [0.15, 0.2) is 0 Å². The molecule has 0 spiro atoms. The number of nitrogens with zero attached hydrogens (tertiary/aromatic N) is 1. The van der Waals surface area contributed by atoms with Gasteiger partial charge in [-0.05, 0) is 45.2 Å². The monoisotopic (exact) mass is 167 g/mol. The zero-order chi connectivity index (χ0) is 8.55. The third-order valence-corrected chi connectivity index (χ3v) is 3.99. The van der Waals surface area contributed by atoms with Gasteiger partial charge in [-0.3, -0.25) is 0 Å². The second kappa shape index (κ2) is 3.37. The molecule has 2 saturated carbocycles. The van der Waals surface area contributed by atoms with Crippen molar-refractivity contribution in [3.8, 4) is 0 Å². The number of rotatable bonds is 1. The van der Waals surface area contributed by atoms with Gasteiger partial charge in [0, 0.05) is 6.04 Å². The molecule has 2 rings (SSSR count). The van der Waals surface area contributed by atoms with E-state index in [0.29, 0.717) is 0 Å². The molecule has 70 valence electrons. The first-order valence-electron chi connectivity index (χ1n) is 5.44. The highest BCUT2D eigenvalue weighted by Gasteiger charge is 2.34. The summed E-state index contributed by atoms with van der Waals surface area (Å²) in [6, 6.07) is 0.893. The lowest BCUT2D eigenvalue weighted by Gasteiger charge is -2.35. The SMILES string of the molecule is CN(C)C1CCC2CCCC2C1. The molecule has 0 aromatic heterocycles. The summed E-state index contributed by atoms with van der Waals surface area (Å²) >= 11 is 0. The fraction of sp³-hybridized carbons (Fsp3) is 1.00. The topological polar surface area (TPSA) is 3.24 Å². The Morgan fingerprint density at radius 2 is 1.67 bits per heavy atom. The molecule has 0 aliphatic heterocycles. The van der Waals surface area contributed by atoms with Gasteiger partial charge in [-0.1, -0.05) is 19.3 Å². The van der Waals surface area contributed by atoms with Gasteiger partial charge in [0.05, 0.1) is 0 Å². The van der Waals surface area contributed by atoms with E-state index >= 15 is 0 Å². The van der Waals surface area contributed by atoms with E-state index in [-0.39, 0.29) is 0 Å². The molecule has 2 aliphatic rings. The normalized spacial score (nSPS) is 41.8. The molecule has 1 nitrogen and oxygen atoms in total. The molecular formula is C11H21N. The molecule has 0 amide bonds. The van der Waals surface area contributed by atoms with Crippen LogP contribution in [0.3, 0.4) is 0 Å². The smallest absolute Gasteiger partial charge is 0.00920 e. The lowest BCUT2D eigenvalue weighted by molar-refractivity contribution is 0.153. The fourth-order valence-electron chi connectivity index (χ4n) is 3.15. The summed E-state index contributed by atoms with van der Waals surface area (Å²) in [6.45, 7) is 0. The van der Waals surface area contributed by atoms with Gasteiger partial charge in [-0.15, -0.1) is 0 Å². The second-order valence-corrected chi connectivity index (χ2v) is 4.88. The molecule has 0 aromatic carbocycles. The minimum Gasteiger partial charge on any atom is -0.306 e. The predicted molar refractivity (Wildman–Crippen MR) is 52.2 cm³/mol. The van der Waals surface area contributed by atoms with Crippen LogP contribution in [0.2, 0.25) is 0 Å². The summed E-state index contributed by atoms with van der Waals surface area (Å²) in [5.74, 6) is 2.20. The third-order valence-electron chi connectivity index (χ3n) is 3.99. The minimum atomic E-state index is 0.893. The summed E-state index contributed by atoms with van der Waals surface area (Å²) in [5, 5.41) is 0. The highest BCUT2D eigenvalue weighted by atomic mass is 15.1. The maximum atomic E-state index is 2.43. The molecule has 2 fully saturated rings. The lowest BCUT2D eigenvalue weighted by atomic mass is 9.79. The number of hydrogen-bond acceptors (Lipinski definition) is 1. The van der Waals surface area contributed by atoms with Crippen molar-refractivity contribution < 1.29 is 0 Å². The van der Waals surface area contributed by atoms with Gasteiger partial charge in [-0.2, -0.15) is 0 Å². The van der Waals surface area contributed by atoms with Gasteiger partial charge in [0.25, 0.3) is 0 Å². The van der Waals surface area contributed by atoms with Crippen molar-refractivity contribution in [2.24, 2.45) is 11.8 Å². The Bertz CT molecular complexity index is 153. The van der Waals surface area contributed by atoms with Crippen LogP contribution >= 0.6 is 0 Å². The zero-order valence-corrected chi connectivity index (χ0v) is 8.42. The van der Waals surface area contributed by atoms with Crippen molar-refractivity contribution in [3.63, 3.8) is 0 Å². The molecule has 0 radical (unpaired) electrons. The Morgan fingerprint density at radius 1 is 0.917 bits per heavy atom. The van der Waals surface area contributed by atoms with Crippen LogP contribution in [-0.4, -0.2) is 25.0 Å². The molecule has 0 bridgehead atoms. The van der Waals surface area contributed by atoms with Crippen molar-refractivity contribution in [1.82, 2.24) is 4.90 Å². The summed E-state index contributed by atoms with van der Waals surface area (Å²) in [5.41, 5.74) is 0. The third kappa shape index (κ3) is 1.52. The van der Waals surface area contributed by atoms with Crippen LogP contribution in [0.5, 0.6) is 0 Å². The van der Waals surface area contributed by atoms with Gasteiger partial charge in [-0.25, -0.2) is 0 Å². The van der Waals surface area contributed by atoms with E-state index in [9.17, 15) is 0 Å². The Labute approximate surface area is 76.1 Å². The van der Waals surface area contributed by atoms with Crippen molar-refractivity contribution >= 4 is 0 Å². The van der Waals surface area contributed by atoms with Crippen molar-refractivity contribution in [3.05, 3.63) is 0 Å². The van der Waals surface area contributed by atoms with Crippen LogP contribution < -0.4 is 0 Å². The zero-order valence-electron chi connectivity index (χ0n) is 8.42. The van der Waals surface area contributed by atoms with E-state index < -0.39 is 0 Å². The molecule has 0 N–H and O–H groups in total. The summed E-state index contributed by atoms with van der Waals surface area (Å²) in [6.07, 6.45) is 9.01. The van der Waals surface area contributed by atoms with Crippen LogP contribution in [0.25, 0.3) is 0 Å². The largest absolute Gasteiger partial charge is 0.306 e. The molecule has 0 saturated heterocycles. The summed E-state index contributed by atoms with van der Waals surface area (Å²) < 4.78 is 0. The first-order chi connectivity index (χ1) is 5.77. The maximum absolute atomic E-state index is 2.43. The molecule has 3 unspecified atom stereocenters. The van der Waals surface area contributed by atoms with Gasteiger partial charge >= 0.3 is 0 Å². The molecule has 2 aliphatic carbocycles. The Balaban J connectivity index is 1.92. The first kappa shape index (κ1) is 8.55. The molecule has 12 heavy (non-hydrogen) atoms. The van der Waals surface area contributed by atoms with Crippen LogP contribution in [-0.2, 0) is 0 Å². The summed E-state index contributed by atoms with van der Waals surface area (Å²) in [4.78, 5) is 2.43. The molecule has 0 aromatic rings. The van der Waals surface area contributed by atoms with Gasteiger partial charge in [0.15, 0.2) is 0 Å². The van der Waals surface area contributed by atoms with Crippen molar-refractivity contribution in [1.29, 1.82) is 0 Å². The first-order valence-corrected chi connectivity index (χ1v) is 5.44. The quantitative estimate of drug-likeness (QED) is 0.580. The molecule has 1 heteroatoms. The van der Waals surface area contributed by atoms with E-state index in [1.54, 1.807) is 0 Å². The highest BCUT2D eigenvalue weighted by molar-refractivity contribution is 4.87. The molecule has 3 atom stereocenters. The highest BCUT2D eigenvalue weighted by Crippen LogP contribution is 2.42. The number of fused-ring (bicyclic) bond motifs is 1. The van der Waals surface area contributed by atoms with E-state index in [1.165, 1.54) is 38.5 Å². The Hall–Kier alpha value is -0.0400. The predicted octanol–water partition coefficient (Wildman–Crippen LogP) is 2.52. The van der Waals surface area contributed by atoms with Gasteiger partial charge in [0.2, 0.25) is 0 Å². The van der Waals surface area contributed by atoms with E-state index in [1.807, 2.05) is 0 Å². The Kier molecular flexibility index (Phi) is 2.40. The van der Waals surface area contributed by atoms with Crippen LogP contribution in [0.1, 0.15) is 38.5 Å². The molecule has 0 heterocycles. The minimum absolute atomic E-state index is 0.893. The number of hydrogen-bond donors (Lipinski definition) is 0. The van der Waals surface area contributed by atoms with E-state index in [4.69, 9.17) is 0 Å². The molecular weight excluding hydrogens is 146 g/mol. The second-order valence-electron chi connectivity index (χ2n) is 4.88. The fourth-order valence-corrected chi connectivity index (χ4v) is 3.15. The average Bonchev–Trinajstić information content (AvgIpc) is 2.49. The Morgan fingerprint density at radius 3 is 2.42 bits per heavy atom. The van der Waals surface area contributed by atoms with Crippen LogP contribution in [0, 0.1) is 11.8 Å². The van der Waals surface area contributed by atoms with E-state index in [2.05, 4.69) is 19.0 Å². The standard InChI is InChI=1S/C11H21N/c1-12(2)11-7-6-9-4-3-5-10(9)8-11/h9-11H,3-8H2,1-2H3. The van der Waals surface area contributed by atoms with Crippen LogP contribution in [0.4, 0.5) is 0 Å². The average molecular weight is 167 g/mol. The lowest BCUT2D eigenvalue weighted by Crippen LogP contribution is -2.35. The maximum Gasteiger partial charge on any atom is 0.00920 e. The van der Waals surface area contributed by atoms with Crippen molar-refractivity contribution in [2.75, 3.05) is 14.1 Å².